The molecule has 1 aromatic carbocycles. The SMILES string of the molecule is CC(=O)Nc1ccc(CNC(=O)c2cc(C3CC3)nc3c2c(C)nn3C(C)(C)C)cc1. The van der Waals surface area contributed by atoms with Crippen LogP contribution in [0.25, 0.3) is 11.0 Å². The number of aromatic nitrogens is 3. The number of nitrogens with one attached hydrogen (secondary N) is 2. The molecule has 2 aromatic heterocycles. The highest BCUT2D eigenvalue weighted by molar-refractivity contribution is 6.06. The quantitative estimate of drug-likeness (QED) is 0.647. The van der Waals surface area contributed by atoms with Crippen molar-refractivity contribution in [1.29, 1.82) is 0 Å². The molecule has 0 atom stereocenters. The molecule has 2 amide bonds. The van der Waals surface area contributed by atoms with Gasteiger partial charge in [0.15, 0.2) is 5.65 Å². The molecule has 4 rings (SSSR count). The first kappa shape index (κ1) is 21.0. The molecule has 0 bridgehead atoms. The summed E-state index contributed by atoms with van der Waals surface area (Å²) >= 11 is 0. The summed E-state index contributed by atoms with van der Waals surface area (Å²) in [6, 6.07) is 9.39. The van der Waals surface area contributed by atoms with E-state index in [4.69, 9.17) is 10.1 Å². The summed E-state index contributed by atoms with van der Waals surface area (Å²) in [5, 5.41) is 11.3. The van der Waals surface area contributed by atoms with Gasteiger partial charge in [-0.2, -0.15) is 5.10 Å². The second-order valence-electron chi connectivity index (χ2n) is 9.30. The second-order valence-corrected chi connectivity index (χ2v) is 9.30. The van der Waals surface area contributed by atoms with Crippen molar-refractivity contribution >= 4 is 28.5 Å². The maximum Gasteiger partial charge on any atom is 0.252 e. The number of amides is 2. The first-order valence-electron chi connectivity index (χ1n) is 10.7. The topological polar surface area (TPSA) is 88.9 Å². The predicted molar refractivity (Wildman–Crippen MR) is 121 cm³/mol. The molecule has 1 aliphatic rings. The summed E-state index contributed by atoms with van der Waals surface area (Å²) in [5.41, 5.74) is 4.65. The van der Waals surface area contributed by atoms with E-state index in [1.165, 1.54) is 6.92 Å². The third-order valence-electron chi connectivity index (χ3n) is 5.44. The molecule has 7 nitrogen and oxygen atoms in total. The Hall–Kier alpha value is -3.22. The lowest BCUT2D eigenvalue weighted by Gasteiger charge is -2.20. The van der Waals surface area contributed by atoms with Crippen molar-refractivity contribution in [2.24, 2.45) is 0 Å². The maximum absolute atomic E-state index is 13.2. The highest BCUT2D eigenvalue weighted by atomic mass is 16.2. The van der Waals surface area contributed by atoms with Crippen molar-refractivity contribution in [3.05, 3.63) is 52.8 Å². The number of pyridine rings is 1. The number of fused-ring (bicyclic) bond motifs is 1. The van der Waals surface area contributed by atoms with Crippen molar-refractivity contribution in [2.45, 2.75) is 65.5 Å². The standard InChI is InChI=1S/C24H29N5O2/c1-14-21-19(23(31)25-13-16-6-10-18(11-7-16)26-15(2)30)12-20(17-8-9-17)27-22(21)29(28-14)24(3,4)5/h6-7,10-12,17H,8-9,13H2,1-5H3,(H,25,31)(H,26,30). The summed E-state index contributed by atoms with van der Waals surface area (Å²) in [5.74, 6) is 0.193. The zero-order valence-corrected chi connectivity index (χ0v) is 18.7. The molecule has 0 unspecified atom stereocenters. The predicted octanol–water partition coefficient (Wildman–Crippen LogP) is 4.26. The highest BCUT2D eigenvalue weighted by Gasteiger charge is 2.30. The number of aryl methyl sites for hydroxylation is 1. The Morgan fingerprint density at radius 3 is 2.42 bits per heavy atom. The van der Waals surface area contributed by atoms with Gasteiger partial charge in [0.05, 0.1) is 22.2 Å². The van der Waals surface area contributed by atoms with Crippen LogP contribution in [0.5, 0.6) is 0 Å². The number of carbonyl (C=O) groups is 2. The first-order valence-corrected chi connectivity index (χ1v) is 10.7. The monoisotopic (exact) mass is 419 g/mol. The number of carbonyl (C=O) groups excluding carboxylic acids is 2. The van der Waals surface area contributed by atoms with E-state index in [1.807, 2.05) is 41.9 Å². The Kier molecular flexibility index (Phi) is 5.29. The van der Waals surface area contributed by atoms with E-state index in [-0.39, 0.29) is 17.4 Å². The Morgan fingerprint density at radius 2 is 1.84 bits per heavy atom. The van der Waals surface area contributed by atoms with E-state index in [2.05, 4.69) is 31.4 Å². The third-order valence-corrected chi connectivity index (χ3v) is 5.44. The van der Waals surface area contributed by atoms with Crippen molar-refractivity contribution in [3.8, 4) is 0 Å². The minimum Gasteiger partial charge on any atom is -0.348 e. The summed E-state index contributed by atoms with van der Waals surface area (Å²) < 4.78 is 1.93. The van der Waals surface area contributed by atoms with Gasteiger partial charge in [0.1, 0.15) is 0 Å². The molecule has 2 N–H and O–H groups in total. The van der Waals surface area contributed by atoms with E-state index in [9.17, 15) is 9.59 Å². The molecule has 31 heavy (non-hydrogen) atoms. The summed E-state index contributed by atoms with van der Waals surface area (Å²) in [6.07, 6.45) is 2.23. The number of rotatable bonds is 5. The van der Waals surface area contributed by atoms with Crippen LogP contribution in [0.15, 0.2) is 30.3 Å². The molecule has 3 aromatic rings. The maximum atomic E-state index is 13.2. The fraction of sp³-hybridized carbons (Fsp3) is 0.417. The minimum absolute atomic E-state index is 0.111. The smallest absolute Gasteiger partial charge is 0.252 e. The van der Waals surface area contributed by atoms with Gasteiger partial charge in [-0.1, -0.05) is 12.1 Å². The lowest BCUT2D eigenvalue weighted by atomic mass is 10.1. The van der Waals surface area contributed by atoms with Crippen LogP contribution in [0.1, 0.15) is 73.8 Å². The van der Waals surface area contributed by atoms with Crippen LogP contribution in [0.3, 0.4) is 0 Å². The van der Waals surface area contributed by atoms with Crippen molar-refractivity contribution in [1.82, 2.24) is 20.1 Å². The van der Waals surface area contributed by atoms with Gasteiger partial charge in [-0.25, -0.2) is 9.67 Å². The molecule has 0 aliphatic heterocycles. The number of anilines is 1. The van der Waals surface area contributed by atoms with Crippen molar-refractivity contribution < 1.29 is 9.59 Å². The molecule has 2 heterocycles. The van der Waals surface area contributed by atoms with Crippen LogP contribution in [-0.4, -0.2) is 26.6 Å². The number of nitrogens with zero attached hydrogens (tertiary/aromatic N) is 3. The Balaban J connectivity index is 1.63. The van der Waals surface area contributed by atoms with E-state index >= 15 is 0 Å². The van der Waals surface area contributed by atoms with Crippen molar-refractivity contribution in [2.75, 3.05) is 5.32 Å². The van der Waals surface area contributed by atoms with Gasteiger partial charge >= 0.3 is 0 Å². The zero-order chi connectivity index (χ0) is 22.3. The van der Waals surface area contributed by atoms with Gasteiger partial charge in [0.2, 0.25) is 5.91 Å². The van der Waals surface area contributed by atoms with E-state index in [0.717, 1.165) is 46.5 Å². The summed E-state index contributed by atoms with van der Waals surface area (Å²) in [4.78, 5) is 29.3. The Bertz CT molecular complexity index is 1150. The normalized spacial score (nSPS) is 14.0. The van der Waals surface area contributed by atoms with Gasteiger partial charge in [-0.3, -0.25) is 9.59 Å². The molecular weight excluding hydrogens is 390 g/mol. The molecule has 1 saturated carbocycles. The third kappa shape index (κ3) is 4.45. The average molecular weight is 420 g/mol. The summed E-state index contributed by atoms with van der Waals surface area (Å²) in [6.45, 7) is 10.1. The van der Waals surface area contributed by atoms with Gasteiger partial charge in [-0.05, 0) is 64.3 Å². The summed E-state index contributed by atoms with van der Waals surface area (Å²) in [7, 11) is 0. The lowest BCUT2D eigenvalue weighted by Crippen LogP contribution is -2.25. The van der Waals surface area contributed by atoms with E-state index in [1.54, 1.807) is 0 Å². The minimum atomic E-state index is -0.231. The van der Waals surface area contributed by atoms with Gasteiger partial charge in [-0.15, -0.1) is 0 Å². The highest BCUT2D eigenvalue weighted by Crippen LogP contribution is 2.41. The molecule has 162 valence electrons. The van der Waals surface area contributed by atoms with Crippen LogP contribution >= 0.6 is 0 Å². The Morgan fingerprint density at radius 1 is 1.16 bits per heavy atom. The molecule has 1 aliphatic carbocycles. The molecule has 1 fully saturated rings. The molecule has 7 heteroatoms. The van der Waals surface area contributed by atoms with Crippen molar-refractivity contribution in [3.63, 3.8) is 0 Å². The van der Waals surface area contributed by atoms with Gasteiger partial charge in [0, 0.05) is 30.8 Å². The van der Waals surface area contributed by atoms with E-state index < -0.39 is 0 Å². The molecule has 0 saturated heterocycles. The average Bonchev–Trinajstić information content (AvgIpc) is 3.49. The molecular formula is C24H29N5O2. The van der Waals surface area contributed by atoms with E-state index in [0.29, 0.717) is 18.0 Å². The molecule has 0 spiro atoms. The lowest BCUT2D eigenvalue weighted by molar-refractivity contribution is -0.114. The number of hydrogen-bond acceptors (Lipinski definition) is 4. The molecule has 0 radical (unpaired) electrons. The van der Waals surface area contributed by atoms with Crippen LogP contribution < -0.4 is 10.6 Å². The second kappa shape index (κ2) is 7.80. The fourth-order valence-corrected chi connectivity index (χ4v) is 3.73. The van der Waals surface area contributed by atoms with Crippen LogP contribution in [0.2, 0.25) is 0 Å². The van der Waals surface area contributed by atoms with Crippen LogP contribution in [0.4, 0.5) is 5.69 Å². The number of hydrogen-bond donors (Lipinski definition) is 2. The Labute approximate surface area is 182 Å². The number of benzene rings is 1. The van der Waals surface area contributed by atoms with Crippen LogP contribution in [0, 0.1) is 6.92 Å². The van der Waals surface area contributed by atoms with Gasteiger partial charge < -0.3 is 10.6 Å². The largest absolute Gasteiger partial charge is 0.348 e. The van der Waals surface area contributed by atoms with Crippen LogP contribution in [-0.2, 0) is 16.9 Å². The fourth-order valence-electron chi connectivity index (χ4n) is 3.73. The van der Waals surface area contributed by atoms with Gasteiger partial charge in [0.25, 0.3) is 5.91 Å². The zero-order valence-electron chi connectivity index (χ0n) is 18.7. The first-order chi connectivity index (χ1) is 14.6.